The van der Waals surface area contributed by atoms with E-state index in [-0.39, 0.29) is 5.88 Å². The fourth-order valence-electron chi connectivity index (χ4n) is 1.64. The predicted octanol–water partition coefficient (Wildman–Crippen LogP) is 3.53. The van der Waals surface area contributed by atoms with Crippen molar-refractivity contribution in [3.63, 3.8) is 0 Å². The smallest absolute Gasteiger partial charge is 0.411 e. The fraction of sp³-hybridized carbons (Fsp3) is 0.0769. The molecule has 0 aliphatic carbocycles. The molecular formula is C13H9N3O4S. The lowest BCUT2D eigenvalue weighted by molar-refractivity contribution is -0.402. The summed E-state index contributed by atoms with van der Waals surface area (Å²) >= 11 is 1.26. The first-order valence-corrected chi connectivity index (χ1v) is 6.96. The second kappa shape index (κ2) is 5.80. The highest BCUT2D eigenvalue weighted by Gasteiger charge is 2.14. The van der Waals surface area contributed by atoms with E-state index < -0.39 is 4.92 Å². The Labute approximate surface area is 123 Å². The molecule has 106 valence electrons. The average molecular weight is 303 g/mol. The zero-order valence-corrected chi connectivity index (χ0v) is 11.4. The summed E-state index contributed by atoms with van der Waals surface area (Å²) in [5, 5.41) is 18.8. The molecule has 3 rings (SSSR count). The van der Waals surface area contributed by atoms with Gasteiger partial charge in [0.2, 0.25) is 5.89 Å². The molecule has 0 saturated carbocycles. The molecule has 2 heterocycles. The maximum Gasteiger partial charge on any atom is 0.433 e. The number of hydrogen-bond acceptors (Lipinski definition) is 7. The van der Waals surface area contributed by atoms with E-state index in [0.29, 0.717) is 22.6 Å². The molecule has 7 nitrogen and oxygen atoms in total. The Hall–Kier alpha value is -2.61. The molecule has 0 spiro atoms. The summed E-state index contributed by atoms with van der Waals surface area (Å²) in [4.78, 5) is 9.94. The Morgan fingerprint density at radius 2 is 1.90 bits per heavy atom. The molecule has 1 aromatic carbocycles. The summed E-state index contributed by atoms with van der Waals surface area (Å²) in [5.41, 5.74) is 0.838. The van der Waals surface area contributed by atoms with Crippen LogP contribution in [0.1, 0.15) is 5.76 Å². The summed E-state index contributed by atoms with van der Waals surface area (Å²) in [5.74, 6) is 1.01. The molecule has 8 heteroatoms. The number of rotatable bonds is 5. The number of benzene rings is 1. The van der Waals surface area contributed by atoms with Gasteiger partial charge in [-0.1, -0.05) is 30.0 Å². The van der Waals surface area contributed by atoms with E-state index in [4.69, 9.17) is 8.83 Å². The minimum Gasteiger partial charge on any atom is -0.411 e. The van der Waals surface area contributed by atoms with Gasteiger partial charge in [0, 0.05) is 5.56 Å². The van der Waals surface area contributed by atoms with E-state index >= 15 is 0 Å². The molecule has 0 unspecified atom stereocenters. The van der Waals surface area contributed by atoms with Gasteiger partial charge >= 0.3 is 5.88 Å². The molecule has 3 aromatic rings. The van der Waals surface area contributed by atoms with Gasteiger partial charge in [-0.05, 0) is 18.2 Å². The van der Waals surface area contributed by atoms with Crippen LogP contribution in [0.25, 0.3) is 11.5 Å². The van der Waals surface area contributed by atoms with Crippen molar-refractivity contribution in [3.8, 4) is 11.5 Å². The third-order valence-electron chi connectivity index (χ3n) is 2.59. The molecule has 0 atom stereocenters. The summed E-state index contributed by atoms with van der Waals surface area (Å²) in [6.07, 6.45) is 0. The van der Waals surface area contributed by atoms with Crippen molar-refractivity contribution in [2.75, 3.05) is 0 Å². The van der Waals surface area contributed by atoms with Crippen LogP contribution in [0.5, 0.6) is 0 Å². The second-order valence-corrected chi connectivity index (χ2v) is 4.95. The van der Waals surface area contributed by atoms with Crippen molar-refractivity contribution >= 4 is 17.6 Å². The van der Waals surface area contributed by atoms with Gasteiger partial charge in [0.05, 0.1) is 11.8 Å². The van der Waals surface area contributed by atoms with Crippen LogP contribution in [-0.2, 0) is 5.75 Å². The predicted molar refractivity (Wildman–Crippen MR) is 74.7 cm³/mol. The monoisotopic (exact) mass is 303 g/mol. The number of nitro groups is 1. The number of furan rings is 1. The van der Waals surface area contributed by atoms with Gasteiger partial charge < -0.3 is 8.83 Å². The standard InChI is InChI=1S/C13H9N3O4S/c17-16(18)11-7-6-10(19-11)8-21-13-15-14-12(20-13)9-4-2-1-3-5-9/h1-7H,8H2. The molecule has 0 fully saturated rings. The topological polar surface area (TPSA) is 95.2 Å². The summed E-state index contributed by atoms with van der Waals surface area (Å²) in [6.45, 7) is 0. The van der Waals surface area contributed by atoms with Crippen LogP contribution in [-0.4, -0.2) is 15.1 Å². The van der Waals surface area contributed by atoms with E-state index in [2.05, 4.69) is 10.2 Å². The molecule has 0 aliphatic rings. The third kappa shape index (κ3) is 3.11. The Morgan fingerprint density at radius 1 is 1.10 bits per heavy atom. The second-order valence-electron chi connectivity index (χ2n) is 4.02. The van der Waals surface area contributed by atoms with E-state index in [0.717, 1.165) is 5.56 Å². The van der Waals surface area contributed by atoms with Crippen LogP contribution in [0, 0.1) is 10.1 Å². The van der Waals surface area contributed by atoms with E-state index in [1.165, 1.54) is 17.8 Å². The molecule has 0 amide bonds. The normalized spacial score (nSPS) is 10.7. The van der Waals surface area contributed by atoms with Gasteiger partial charge in [-0.3, -0.25) is 10.1 Å². The van der Waals surface area contributed by atoms with Crippen molar-refractivity contribution in [1.82, 2.24) is 10.2 Å². The first-order chi connectivity index (χ1) is 10.2. The summed E-state index contributed by atoms with van der Waals surface area (Å²) in [6, 6.07) is 12.3. The Balaban J connectivity index is 1.66. The molecule has 0 N–H and O–H groups in total. The van der Waals surface area contributed by atoms with E-state index in [1.54, 1.807) is 6.07 Å². The molecule has 0 radical (unpaired) electrons. The number of hydrogen-bond donors (Lipinski definition) is 0. The Morgan fingerprint density at radius 3 is 2.62 bits per heavy atom. The maximum absolute atomic E-state index is 10.5. The zero-order chi connectivity index (χ0) is 14.7. The quantitative estimate of drug-likeness (QED) is 0.404. The van der Waals surface area contributed by atoms with Crippen LogP contribution in [0.4, 0.5) is 5.88 Å². The van der Waals surface area contributed by atoms with Crippen LogP contribution < -0.4 is 0 Å². The first kappa shape index (κ1) is 13.4. The van der Waals surface area contributed by atoms with Crippen molar-refractivity contribution in [3.05, 3.63) is 58.3 Å². The van der Waals surface area contributed by atoms with Crippen molar-refractivity contribution < 1.29 is 13.8 Å². The van der Waals surface area contributed by atoms with Crippen LogP contribution >= 0.6 is 11.8 Å². The summed E-state index contributed by atoms with van der Waals surface area (Å²) < 4.78 is 10.6. The van der Waals surface area contributed by atoms with E-state index in [9.17, 15) is 10.1 Å². The lowest BCUT2D eigenvalue weighted by Gasteiger charge is -1.93. The van der Waals surface area contributed by atoms with Crippen molar-refractivity contribution in [1.29, 1.82) is 0 Å². The van der Waals surface area contributed by atoms with Gasteiger partial charge in [0.15, 0.2) is 0 Å². The van der Waals surface area contributed by atoms with Crippen molar-refractivity contribution in [2.45, 2.75) is 11.0 Å². The van der Waals surface area contributed by atoms with Crippen LogP contribution in [0.2, 0.25) is 0 Å². The van der Waals surface area contributed by atoms with Gasteiger partial charge in [0.25, 0.3) is 5.22 Å². The minimum atomic E-state index is -0.575. The maximum atomic E-state index is 10.5. The van der Waals surface area contributed by atoms with Gasteiger partial charge in [-0.25, -0.2) is 0 Å². The molecule has 0 saturated heterocycles. The highest BCUT2D eigenvalue weighted by atomic mass is 32.2. The number of aromatic nitrogens is 2. The van der Waals surface area contributed by atoms with Gasteiger partial charge in [-0.15, -0.1) is 10.2 Å². The van der Waals surface area contributed by atoms with Crippen LogP contribution in [0.3, 0.4) is 0 Å². The summed E-state index contributed by atoms with van der Waals surface area (Å²) in [7, 11) is 0. The van der Waals surface area contributed by atoms with Gasteiger partial charge in [0.1, 0.15) is 10.7 Å². The number of nitrogens with zero attached hydrogens (tertiary/aromatic N) is 3. The molecule has 0 aliphatic heterocycles. The average Bonchev–Trinajstić information content (AvgIpc) is 3.15. The van der Waals surface area contributed by atoms with Crippen molar-refractivity contribution in [2.24, 2.45) is 0 Å². The Kier molecular flexibility index (Phi) is 3.69. The Bertz CT molecular complexity index is 754. The highest BCUT2D eigenvalue weighted by Crippen LogP contribution is 2.27. The van der Waals surface area contributed by atoms with Crippen LogP contribution in [0.15, 0.2) is 56.5 Å². The third-order valence-corrected chi connectivity index (χ3v) is 3.43. The fourth-order valence-corrected chi connectivity index (χ4v) is 2.30. The lowest BCUT2D eigenvalue weighted by Crippen LogP contribution is -1.83. The number of thioether (sulfide) groups is 1. The minimum absolute atomic E-state index is 0.277. The molecular weight excluding hydrogens is 294 g/mol. The molecule has 0 bridgehead atoms. The highest BCUT2D eigenvalue weighted by molar-refractivity contribution is 7.98. The lowest BCUT2D eigenvalue weighted by atomic mass is 10.2. The first-order valence-electron chi connectivity index (χ1n) is 5.97. The molecule has 21 heavy (non-hydrogen) atoms. The molecule has 2 aromatic heterocycles. The zero-order valence-electron chi connectivity index (χ0n) is 10.6. The SMILES string of the molecule is O=[N+]([O-])c1ccc(CSc2nnc(-c3ccccc3)o2)o1. The largest absolute Gasteiger partial charge is 0.433 e. The van der Waals surface area contributed by atoms with Gasteiger partial charge in [-0.2, -0.15) is 0 Å². The van der Waals surface area contributed by atoms with E-state index in [1.807, 2.05) is 30.3 Å².